The molecule has 2 rings (SSSR count). The Kier molecular flexibility index (Phi) is 7.36. The summed E-state index contributed by atoms with van der Waals surface area (Å²) in [5.74, 6) is 1.13. The third-order valence-electron chi connectivity index (χ3n) is 3.07. The molecule has 2 aromatic carbocycles. The molecule has 0 bridgehead atoms. The van der Waals surface area contributed by atoms with Crippen molar-refractivity contribution in [2.45, 2.75) is 19.1 Å². The van der Waals surface area contributed by atoms with E-state index in [9.17, 15) is 4.79 Å². The number of amides is 1. The molecule has 120 valence electrons. The molecule has 0 aliphatic heterocycles. The summed E-state index contributed by atoms with van der Waals surface area (Å²) in [7, 11) is 0. The van der Waals surface area contributed by atoms with E-state index in [0.29, 0.717) is 5.75 Å². The molecule has 0 radical (unpaired) electrons. The molecule has 0 saturated heterocycles. The van der Waals surface area contributed by atoms with Crippen molar-refractivity contribution in [1.29, 1.82) is 0 Å². The molecule has 0 aliphatic rings. The average Bonchev–Trinajstić information content (AvgIpc) is 2.54. The van der Waals surface area contributed by atoms with Gasteiger partial charge in [0.15, 0.2) is 0 Å². The zero-order chi connectivity index (χ0) is 16.5. The molecule has 0 fully saturated rings. The minimum absolute atomic E-state index is 0.0718. The summed E-state index contributed by atoms with van der Waals surface area (Å²) in [6.07, 6.45) is 0.742. The van der Waals surface area contributed by atoms with Crippen LogP contribution in [0.15, 0.2) is 64.2 Å². The summed E-state index contributed by atoms with van der Waals surface area (Å²) in [5.41, 5.74) is 5.89. The maximum atomic E-state index is 11.8. The third kappa shape index (κ3) is 7.01. The van der Waals surface area contributed by atoms with Crippen LogP contribution in [0.2, 0.25) is 0 Å². The SMILES string of the molecule is C/C(Cc1ccccc1)=N/NC(=O)CSCc1cccc(Br)c1. The molecule has 0 heterocycles. The lowest BCUT2D eigenvalue weighted by atomic mass is 10.1. The fourth-order valence-corrected chi connectivity index (χ4v) is 3.22. The van der Waals surface area contributed by atoms with Crippen LogP contribution in [0.5, 0.6) is 0 Å². The van der Waals surface area contributed by atoms with Crippen molar-refractivity contribution in [2.24, 2.45) is 5.10 Å². The van der Waals surface area contributed by atoms with Gasteiger partial charge in [0, 0.05) is 22.4 Å². The zero-order valence-electron chi connectivity index (χ0n) is 13.0. The van der Waals surface area contributed by atoms with Gasteiger partial charge in [0.25, 0.3) is 0 Å². The van der Waals surface area contributed by atoms with Gasteiger partial charge < -0.3 is 0 Å². The van der Waals surface area contributed by atoms with Gasteiger partial charge in [-0.2, -0.15) is 5.10 Å². The Bertz CT molecular complexity index is 674. The second-order valence-electron chi connectivity index (χ2n) is 5.17. The van der Waals surface area contributed by atoms with Gasteiger partial charge in [-0.05, 0) is 30.2 Å². The summed E-state index contributed by atoms with van der Waals surface area (Å²) >= 11 is 5.02. The number of thioether (sulfide) groups is 1. The third-order valence-corrected chi connectivity index (χ3v) is 4.56. The monoisotopic (exact) mass is 390 g/mol. The molecule has 5 heteroatoms. The van der Waals surface area contributed by atoms with Crippen molar-refractivity contribution in [1.82, 2.24) is 5.43 Å². The molecule has 2 aromatic rings. The van der Waals surface area contributed by atoms with Crippen LogP contribution in [0, 0.1) is 0 Å². The lowest BCUT2D eigenvalue weighted by Crippen LogP contribution is -2.21. The molecule has 3 nitrogen and oxygen atoms in total. The molecule has 0 spiro atoms. The van der Waals surface area contributed by atoms with Crippen LogP contribution in [-0.2, 0) is 17.0 Å². The number of hydrazone groups is 1. The number of hydrogen-bond acceptors (Lipinski definition) is 3. The Hall–Kier alpha value is -1.59. The maximum Gasteiger partial charge on any atom is 0.250 e. The molecule has 0 atom stereocenters. The van der Waals surface area contributed by atoms with E-state index in [2.05, 4.69) is 50.7 Å². The summed E-state index contributed by atoms with van der Waals surface area (Å²) < 4.78 is 1.06. The Morgan fingerprint density at radius 2 is 1.87 bits per heavy atom. The second-order valence-corrected chi connectivity index (χ2v) is 7.07. The molecule has 0 unspecified atom stereocenters. The molecule has 1 N–H and O–H groups in total. The quantitative estimate of drug-likeness (QED) is 0.561. The highest BCUT2D eigenvalue weighted by atomic mass is 79.9. The van der Waals surface area contributed by atoms with E-state index < -0.39 is 0 Å². The maximum absolute atomic E-state index is 11.8. The largest absolute Gasteiger partial charge is 0.272 e. The lowest BCUT2D eigenvalue weighted by Gasteiger charge is -2.04. The first kappa shape index (κ1) is 17.8. The van der Waals surface area contributed by atoms with Gasteiger partial charge in [0.1, 0.15) is 0 Å². The molecule has 0 aliphatic carbocycles. The number of hydrogen-bond donors (Lipinski definition) is 1. The highest BCUT2D eigenvalue weighted by molar-refractivity contribution is 9.10. The molecular formula is C18H19BrN2OS. The van der Waals surface area contributed by atoms with E-state index in [1.54, 1.807) is 11.8 Å². The van der Waals surface area contributed by atoms with Crippen LogP contribution in [0.3, 0.4) is 0 Å². The Balaban J connectivity index is 1.71. The Morgan fingerprint density at radius 3 is 2.61 bits per heavy atom. The predicted octanol–water partition coefficient (Wildman–Crippen LogP) is 4.42. The van der Waals surface area contributed by atoms with Crippen molar-refractivity contribution in [3.05, 3.63) is 70.2 Å². The number of nitrogens with zero attached hydrogens (tertiary/aromatic N) is 1. The van der Waals surface area contributed by atoms with Crippen LogP contribution in [0.4, 0.5) is 0 Å². The first-order valence-corrected chi connectivity index (χ1v) is 9.26. The molecule has 1 amide bonds. The Labute approximate surface area is 149 Å². The molecule has 23 heavy (non-hydrogen) atoms. The summed E-state index contributed by atoms with van der Waals surface area (Å²) in [5, 5.41) is 4.16. The fraction of sp³-hybridized carbons (Fsp3) is 0.222. The van der Waals surface area contributed by atoms with Gasteiger partial charge in [-0.25, -0.2) is 5.43 Å². The van der Waals surface area contributed by atoms with Gasteiger partial charge >= 0.3 is 0 Å². The normalized spacial score (nSPS) is 11.3. The number of carbonyl (C=O) groups is 1. The van der Waals surface area contributed by atoms with E-state index in [-0.39, 0.29) is 5.91 Å². The van der Waals surface area contributed by atoms with Crippen LogP contribution < -0.4 is 5.43 Å². The standard InChI is InChI=1S/C18H19BrN2OS/c1-14(10-15-6-3-2-4-7-15)20-21-18(22)13-23-12-16-8-5-9-17(19)11-16/h2-9,11H,10,12-13H2,1H3,(H,21,22)/b20-14-. The van der Waals surface area contributed by atoms with Crippen LogP contribution in [0.25, 0.3) is 0 Å². The average molecular weight is 391 g/mol. The van der Waals surface area contributed by atoms with Gasteiger partial charge in [-0.15, -0.1) is 11.8 Å². The number of benzene rings is 2. The highest BCUT2D eigenvalue weighted by Gasteiger charge is 2.02. The summed E-state index contributed by atoms with van der Waals surface area (Å²) in [4.78, 5) is 11.8. The van der Waals surface area contributed by atoms with Crippen molar-refractivity contribution in [2.75, 3.05) is 5.75 Å². The Morgan fingerprint density at radius 1 is 1.13 bits per heavy atom. The van der Waals surface area contributed by atoms with Crippen molar-refractivity contribution in [3.8, 4) is 0 Å². The molecular weight excluding hydrogens is 372 g/mol. The highest BCUT2D eigenvalue weighted by Crippen LogP contribution is 2.16. The number of rotatable bonds is 7. The van der Waals surface area contributed by atoms with E-state index in [0.717, 1.165) is 22.4 Å². The molecule has 0 saturated carbocycles. The predicted molar refractivity (Wildman–Crippen MR) is 102 cm³/mol. The van der Waals surface area contributed by atoms with Gasteiger partial charge in [-0.3, -0.25) is 4.79 Å². The molecule has 0 aromatic heterocycles. The zero-order valence-corrected chi connectivity index (χ0v) is 15.4. The second kappa shape index (κ2) is 9.53. The van der Waals surface area contributed by atoms with Crippen LogP contribution in [0.1, 0.15) is 18.1 Å². The van der Waals surface area contributed by atoms with Gasteiger partial charge in [-0.1, -0.05) is 58.4 Å². The van der Waals surface area contributed by atoms with E-state index in [1.165, 1.54) is 11.1 Å². The van der Waals surface area contributed by atoms with Crippen LogP contribution >= 0.6 is 27.7 Å². The van der Waals surface area contributed by atoms with Gasteiger partial charge in [0.2, 0.25) is 5.91 Å². The van der Waals surface area contributed by atoms with Crippen molar-refractivity contribution in [3.63, 3.8) is 0 Å². The van der Waals surface area contributed by atoms with Crippen molar-refractivity contribution >= 4 is 39.3 Å². The smallest absolute Gasteiger partial charge is 0.250 e. The summed E-state index contributed by atoms with van der Waals surface area (Å²) in [6.45, 7) is 1.92. The van der Waals surface area contributed by atoms with Crippen molar-refractivity contribution < 1.29 is 4.79 Å². The fourth-order valence-electron chi connectivity index (χ4n) is 2.01. The number of halogens is 1. The van der Waals surface area contributed by atoms with E-state index in [1.807, 2.05) is 37.3 Å². The first-order chi connectivity index (χ1) is 11.1. The summed E-state index contributed by atoms with van der Waals surface area (Å²) in [6, 6.07) is 18.2. The topological polar surface area (TPSA) is 41.5 Å². The number of nitrogens with one attached hydrogen (secondary N) is 1. The first-order valence-electron chi connectivity index (χ1n) is 7.31. The minimum Gasteiger partial charge on any atom is -0.272 e. The number of carbonyl (C=O) groups excluding carboxylic acids is 1. The minimum atomic E-state index is -0.0718. The van der Waals surface area contributed by atoms with Gasteiger partial charge in [0.05, 0.1) is 5.75 Å². The lowest BCUT2D eigenvalue weighted by molar-refractivity contribution is -0.118. The van der Waals surface area contributed by atoms with E-state index >= 15 is 0 Å². The van der Waals surface area contributed by atoms with E-state index in [4.69, 9.17) is 0 Å². The van der Waals surface area contributed by atoms with Crippen LogP contribution in [-0.4, -0.2) is 17.4 Å².